The van der Waals surface area contributed by atoms with Gasteiger partial charge in [-0.25, -0.2) is 18.1 Å². The first-order valence-corrected chi connectivity index (χ1v) is 11.3. The molecule has 0 atom stereocenters. The summed E-state index contributed by atoms with van der Waals surface area (Å²) in [5.74, 6) is 0.993. The highest BCUT2D eigenvalue weighted by atomic mass is 35.5. The van der Waals surface area contributed by atoms with Gasteiger partial charge in [0.15, 0.2) is 12.4 Å². The smallest absolute Gasteiger partial charge is 0.264 e. The van der Waals surface area contributed by atoms with Gasteiger partial charge in [-0.15, -0.1) is 0 Å². The molecule has 0 saturated carbocycles. The molecule has 0 aliphatic carbocycles. The van der Waals surface area contributed by atoms with Gasteiger partial charge in [-0.3, -0.25) is 4.79 Å². The molecule has 1 aliphatic rings. The van der Waals surface area contributed by atoms with E-state index in [1.54, 1.807) is 37.4 Å². The standard InChI is InChI=1S/C20H19ClN6O4S/c1-22-32(29,30)14-5-3-4-12(8-14)25-20-23-10-15(21)19(26-20)24-13-6-7-17-16(9-13)27(2)18(28)11-31-17/h3-10,22H,11H2,1-2H3,(H2,23,24,25,26). The summed E-state index contributed by atoms with van der Waals surface area (Å²) in [4.78, 5) is 22.0. The summed E-state index contributed by atoms with van der Waals surface area (Å²) >= 11 is 6.26. The lowest BCUT2D eigenvalue weighted by Crippen LogP contribution is -2.35. The summed E-state index contributed by atoms with van der Waals surface area (Å²) < 4.78 is 31.8. The molecule has 0 fully saturated rings. The molecule has 10 nitrogen and oxygen atoms in total. The Morgan fingerprint density at radius 2 is 1.91 bits per heavy atom. The third-order valence-corrected chi connectivity index (χ3v) is 6.41. The van der Waals surface area contributed by atoms with E-state index >= 15 is 0 Å². The normalized spacial score (nSPS) is 13.3. The van der Waals surface area contributed by atoms with Crippen molar-refractivity contribution in [1.82, 2.24) is 14.7 Å². The molecule has 0 unspecified atom stereocenters. The van der Waals surface area contributed by atoms with Gasteiger partial charge in [0.25, 0.3) is 5.91 Å². The minimum atomic E-state index is -3.59. The van der Waals surface area contributed by atoms with Crippen molar-refractivity contribution in [1.29, 1.82) is 0 Å². The Hall–Kier alpha value is -3.41. The maximum absolute atomic E-state index is 12.0. The van der Waals surface area contributed by atoms with Gasteiger partial charge in [0.1, 0.15) is 10.8 Å². The molecule has 3 aromatic rings. The minimum Gasteiger partial charge on any atom is -0.482 e. The van der Waals surface area contributed by atoms with Crippen molar-refractivity contribution < 1.29 is 17.9 Å². The number of benzene rings is 2. The second-order valence-corrected chi connectivity index (χ2v) is 9.09. The van der Waals surface area contributed by atoms with Crippen LogP contribution in [0.2, 0.25) is 5.02 Å². The molecule has 166 valence electrons. The first kappa shape index (κ1) is 21.8. The van der Waals surface area contributed by atoms with Crippen LogP contribution >= 0.6 is 11.6 Å². The predicted octanol–water partition coefficient (Wildman–Crippen LogP) is 2.88. The third kappa shape index (κ3) is 4.44. The highest BCUT2D eigenvalue weighted by molar-refractivity contribution is 7.89. The zero-order chi connectivity index (χ0) is 22.9. The number of halogens is 1. The van der Waals surface area contributed by atoms with Gasteiger partial charge in [0.05, 0.1) is 16.8 Å². The Morgan fingerprint density at radius 1 is 1.12 bits per heavy atom. The maximum atomic E-state index is 12.0. The molecule has 2 heterocycles. The average molecular weight is 475 g/mol. The van der Waals surface area contributed by atoms with E-state index in [-0.39, 0.29) is 28.4 Å². The first-order valence-electron chi connectivity index (χ1n) is 9.40. The first-order chi connectivity index (χ1) is 15.3. The van der Waals surface area contributed by atoms with Gasteiger partial charge >= 0.3 is 0 Å². The van der Waals surface area contributed by atoms with E-state index in [9.17, 15) is 13.2 Å². The fourth-order valence-corrected chi connectivity index (χ4v) is 3.90. The molecule has 0 spiro atoms. The van der Waals surface area contributed by atoms with Crippen LogP contribution in [0.15, 0.2) is 53.6 Å². The number of carbonyl (C=O) groups is 1. The van der Waals surface area contributed by atoms with E-state index in [1.165, 1.54) is 30.3 Å². The molecule has 0 radical (unpaired) electrons. The third-order valence-electron chi connectivity index (χ3n) is 4.72. The molecule has 2 aromatic carbocycles. The SMILES string of the molecule is CNS(=O)(=O)c1cccc(Nc2ncc(Cl)c(Nc3ccc4c(c3)N(C)C(=O)CO4)n2)c1. The summed E-state index contributed by atoms with van der Waals surface area (Å²) in [7, 11) is -0.568. The molecule has 1 amide bonds. The minimum absolute atomic E-state index is 0.000136. The van der Waals surface area contributed by atoms with Crippen molar-refractivity contribution in [3.8, 4) is 5.75 Å². The second kappa shape index (κ2) is 8.61. The summed E-state index contributed by atoms with van der Waals surface area (Å²) in [5.41, 5.74) is 1.75. The summed E-state index contributed by atoms with van der Waals surface area (Å²) in [6, 6.07) is 11.5. The number of hydrogen-bond donors (Lipinski definition) is 3. The Balaban J connectivity index is 1.58. The van der Waals surface area contributed by atoms with Crippen LogP contribution in [-0.2, 0) is 14.8 Å². The lowest BCUT2D eigenvalue weighted by molar-refractivity contribution is -0.120. The zero-order valence-electron chi connectivity index (χ0n) is 17.1. The van der Waals surface area contributed by atoms with Gasteiger partial charge in [-0.1, -0.05) is 17.7 Å². The van der Waals surface area contributed by atoms with Crippen molar-refractivity contribution in [2.45, 2.75) is 4.90 Å². The van der Waals surface area contributed by atoms with Crippen LogP contribution in [-0.4, -0.2) is 45.0 Å². The Bertz CT molecular complexity index is 1300. The number of nitrogens with zero attached hydrogens (tertiary/aromatic N) is 3. The molecule has 1 aromatic heterocycles. The summed E-state index contributed by atoms with van der Waals surface area (Å²) in [6.07, 6.45) is 1.42. The van der Waals surface area contributed by atoms with E-state index < -0.39 is 10.0 Å². The van der Waals surface area contributed by atoms with Gasteiger partial charge < -0.3 is 20.3 Å². The Labute approximate surface area is 189 Å². The van der Waals surface area contributed by atoms with Crippen LogP contribution in [0.4, 0.5) is 28.8 Å². The average Bonchev–Trinajstić information content (AvgIpc) is 2.79. The molecule has 3 N–H and O–H groups in total. The van der Waals surface area contributed by atoms with Crippen molar-refractivity contribution in [2.75, 3.05) is 36.2 Å². The zero-order valence-corrected chi connectivity index (χ0v) is 18.7. The van der Waals surface area contributed by atoms with Crippen molar-refractivity contribution in [3.05, 3.63) is 53.7 Å². The van der Waals surface area contributed by atoms with Crippen LogP contribution in [0.3, 0.4) is 0 Å². The van der Waals surface area contributed by atoms with Crippen LogP contribution in [0.25, 0.3) is 0 Å². The van der Waals surface area contributed by atoms with Crippen LogP contribution in [0, 0.1) is 0 Å². The number of nitrogens with one attached hydrogen (secondary N) is 3. The van der Waals surface area contributed by atoms with Gasteiger partial charge in [-0.05, 0) is 43.4 Å². The molecule has 0 bridgehead atoms. The van der Waals surface area contributed by atoms with Crippen molar-refractivity contribution in [2.24, 2.45) is 0 Å². The molecule has 0 saturated heterocycles. The lowest BCUT2D eigenvalue weighted by Gasteiger charge is -2.26. The molecule has 1 aliphatic heterocycles. The van der Waals surface area contributed by atoms with E-state index in [0.29, 0.717) is 28.6 Å². The van der Waals surface area contributed by atoms with Crippen molar-refractivity contribution >= 4 is 56.4 Å². The van der Waals surface area contributed by atoms with Gasteiger partial charge in [0, 0.05) is 18.4 Å². The van der Waals surface area contributed by atoms with E-state index in [1.807, 2.05) is 0 Å². The fourth-order valence-electron chi connectivity index (χ4n) is 2.99. The highest BCUT2D eigenvalue weighted by Crippen LogP contribution is 2.35. The largest absolute Gasteiger partial charge is 0.482 e. The van der Waals surface area contributed by atoms with Crippen LogP contribution in [0.5, 0.6) is 5.75 Å². The van der Waals surface area contributed by atoms with Gasteiger partial charge in [0.2, 0.25) is 16.0 Å². The van der Waals surface area contributed by atoms with Gasteiger partial charge in [-0.2, -0.15) is 4.98 Å². The molecular formula is C20H19ClN6O4S. The number of aromatic nitrogens is 2. The highest BCUT2D eigenvalue weighted by Gasteiger charge is 2.22. The summed E-state index contributed by atoms with van der Waals surface area (Å²) in [5, 5.41) is 6.36. The second-order valence-electron chi connectivity index (χ2n) is 6.80. The van der Waals surface area contributed by atoms with E-state index in [2.05, 4.69) is 25.3 Å². The molecule has 12 heteroatoms. The number of rotatable bonds is 6. The molecule has 4 rings (SSSR count). The number of carbonyl (C=O) groups excluding carboxylic acids is 1. The number of ether oxygens (including phenoxy) is 1. The monoisotopic (exact) mass is 474 g/mol. The number of hydrogen-bond acceptors (Lipinski definition) is 8. The molecule has 32 heavy (non-hydrogen) atoms. The summed E-state index contributed by atoms with van der Waals surface area (Å²) in [6.45, 7) is -0.000136. The van der Waals surface area contributed by atoms with Crippen LogP contribution < -0.4 is 25.0 Å². The molecular weight excluding hydrogens is 456 g/mol. The number of anilines is 5. The van der Waals surface area contributed by atoms with E-state index in [4.69, 9.17) is 16.3 Å². The van der Waals surface area contributed by atoms with E-state index in [0.717, 1.165) is 0 Å². The van der Waals surface area contributed by atoms with Crippen molar-refractivity contribution in [3.63, 3.8) is 0 Å². The Kier molecular flexibility index (Phi) is 5.87. The maximum Gasteiger partial charge on any atom is 0.264 e. The number of likely N-dealkylation sites (N-methyl/N-ethyl adjacent to an activating group) is 1. The number of sulfonamides is 1. The number of fused-ring (bicyclic) bond motifs is 1. The topological polar surface area (TPSA) is 126 Å². The Morgan fingerprint density at radius 3 is 2.69 bits per heavy atom. The predicted molar refractivity (Wildman–Crippen MR) is 122 cm³/mol. The quantitative estimate of drug-likeness (QED) is 0.498. The van der Waals surface area contributed by atoms with Crippen LogP contribution in [0.1, 0.15) is 0 Å². The lowest BCUT2D eigenvalue weighted by atomic mass is 10.2. The fraction of sp³-hybridized carbons (Fsp3) is 0.150. The number of amides is 1.